The van der Waals surface area contributed by atoms with E-state index in [0.29, 0.717) is 18.6 Å². The molecular weight excluding hydrogens is 222 g/mol. The molecule has 70 valence electrons. The van der Waals surface area contributed by atoms with Gasteiger partial charge in [0.05, 0.1) is 6.10 Å². The molecule has 1 fully saturated rings. The summed E-state index contributed by atoms with van der Waals surface area (Å²) < 4.78 is 5.10. The topological polar surface area (TPSA) is 38.3 Å². The van der Waals surface area contributed by atoms with Crippen LogP contribution >= 0.6 is 15.9 Å². The molecule has 1 N–H and O–H groups in total. The van der Waals surface area contributed by atoms with Crippen molar-refractivity contribution in [2.24, 2.45) is 0 Å². The lowest BCUT2D eigenvalue weighted by atomic mass is 9.89. The van der Waals surface area contributed by atoms with Gasteiger partial charge in [-0.2, -0.15) is 0 Å². The Morgan fingerprint density at radius 1 is 1.67 bits per heavy atom. The van der Waals surface area contributed by atoms with Gasteiger partial charge in [-0.1, -0.05) is 15.9 Å². The number of hydrogen-bond donors (Lipinski definition) is 1. The molecule has 1 aliphatic rings. The number of methoxy groups -OCH3 is 1. The molecule has 1 aliphatic carbocycles. The van der Waals surface area contributed by atoms with Crippen molar-refractivity contribution in [1.29, 1.82) is 0 Å². The Hall–Kier alpha value is -0.0900. The van der Waals surface area contributed by atoms with E-state index in [0.717, 1.165) is 18.2 Å². The minimum Gasteiger partial charge on any atom is -0.381 e. The van der Waals surface area contributed by atoms with Crippen LogP contribution in [0.2, 0.25) is 0 Å². The van der Waals surface area contributed by atoms with Crippen LogP contribution in [0.3, 0.4) is 0 Å². The van der Waals surface area contributed by atoms with Gasteiger partial charge in [-0.15, -0.1) is 0 Å². The van der Waals surface area contributed by atoms with E-state index in [1.807, 2.05) is 0 Å². The lowest BCUT2D eigenvalue weighted by Crippen LogP contribution is -2.47. The molecule has 3 nitrogen and oxygen atoms in total. The predicted molar refractivity (Wildman–Crippen MR) is 50.4 cm³/mol. The van der Waals surface area contributed by atoms with Crippen molar-refractivity contribution in [2.45, 2.75) is 31.4 Å². The zero-order valence-electron chi connectivity index (χ0n) is 7.18. The highest BCUT2D eigenvalue weighted by molar-refractivity contribution is 9.09. The molecule has 0 radical (unpaired) electrons. The third-order valence-electron chi connectivity index (χ3n) is 2.11. The molecule has 0 spiro atoms. The third-order valence-corrected chi connectivity index (χ3v) is 2.51. The van der Waals surface area contributed by atoms with E-state index < -0.39 is 0 Å². The van der Waals surface area contributed by atoms with Crippen LogP contribution in [0.25, 0.3) is 0 Å². The van der Waals surface area contributed by atoms with Crippen LogP contribution in [0.5, 0.6) is 0 Å². The van der Waals surface area contributed by atoms with Gasteiger partial charge in [-0.25, -0.2) is 0 Å². The lowest BCUT2D eigenvalue weighted by molar-refractivity contribution is -0.123. The van der Waals surface area contributed by atoms with Gasteiger partial charge in [0.25, 0.3) is 0 Å². The molecule has 1 saturated carbocycles. The number of amides is 1. The first kappa shape index (κ1) is 9.99. The highest BCUT2D eigenvalue weighted by atomic mass is 79.9. The van der Waals surface area contributed by atoms with E-state index in [9.17, 15) is 4.79 Å². The highest BCUT2D eigenvalue weighted by Crippen LogP contribution is 2.22. The van der Waals surface area contributed by atoms with E-state index in [4.69, 9.17) is 4.74 Å². The van der Waals surface area contributed by atoms with E-state index in [-0.39, 0.29) is 5.91 Å². The third kappa shape index (κ3) is 2.75. The molecular formula is C8H14BrNO2. The van der Waals surface area contributed by atoms with E-state index >= 15 is 0 Å². The standard InChI is InChI=1S/C8H14BrNO2/c1-12-7-4-6(5-7)10-8(11)2-3-9/h6-7H,2-5H2,1H3,(H,10,11). The zero-order chi connectivity index (χ0) is 8.97. The minimum atomic E-state index is 0.131. The quantitative estimate of drug-likeness (QED) is 0.741. The fraction of sp³-hybridized carbons (Fsp3) is 0.875. The first-order valence-corrected chi connectivity index (χ1v) is 5.26. The Morgan fingerprint density at radius 2 is 2.33 bits per heavy atom. The molecule has 0 unspecified atom stereocenters. The van der Waals surface area contributed by atoms with Crippen molar-refractivity contribution >= 4 is 21.8 Å². The smallest absolute Gasteiger partial charge is 0.221 e. The molecule has 0 bridgehead atoms. The van der Waals surface area contributed by atoms with Gasteiger partial charge in [0.1, 0.15) is 0 Å². The zero-order valence-corrected chi connectivity index (χ0v) is 8.76. The maximum Gasteiger partial charge on any atom is 0.221 e. The average molecular weight is 236 g/mol. The summed E-state index contributed by atoms with van der Waals surface area (Å²) in [6, 6.07) is 0.349. The summed E-state index contributed by atoms with van der Waals surface area (Å²) in [5, 5.41) is 3.67. The molecule has 0 aromatic carbocycles. The van der Waals surface area contributed by atoms with Gasteiger partial charge in [0, 0.05) is 24.9 Å². The second-order valence-electron chi connectivity index (χ2n) is 3.03. The van der Waals surface area contributed by atoms with Crippen LogP contribution in [0.15, 0.2) is 0 Å². The summed E-state index contributed by atoms with van der Waals surface area (Å²) in [4.78, 5) is 11.1. The van der Waals surface area contributed by atoms with Crippen molar-refractivity contribution in [3.8, 4) is 0 Å². The van der Waals surface area contributed by atoms with Gasteiger partial charge in [-0.05, 0) is 12.8 Å². The largest absolute Gasteiger partial charge is 0.381 e. The SMILES string of the molecule is COC1CC(NC(=O)CCBr)C1. The fourth-order valence-electron chi connectivity index (χ4n) is 1.26. The summed E-state index contributed by atoms with van der Waals surface area (Å²) in [5.74, 6) is 0.131. The Morgan fingerprint density at radius 3 is 2.83 bits per heavy atom. The fourth-order valence-corrected chi connectivity index (χ4v) is 1.62. The second kappa shape index (κ2) is 4.82. The second-order valence-corrected chi connectivity index (χ2v) is 3.83. The lowest BCUT2D eigenvalue weighted by Gasteiger charge is -2.34. The first-order chi connectivity index (χ1) is 5.76. The Balaban J connectivity index is 2.06. The number of carbonyl (C=O) groups is 1. The van der Waals surface area contributed by atoms with Crippen LogP contribution in [0, 0.1) is 0 Å². The molecule has 0 atom stereocenters. The minimum absolute atomic E-state index is 0.131. The van der Waals surface area contributed by atoms with Gasteiger partial charge in [0.15, 0.2) is 0 Å². The summed E-state index contributed by atoms with van der Waals surface area (Å²) in [6.07, 6.45) is 2.85. The van der Waals surface area contributed by atoms with Crippen molar-refractivity contribution < 1.29 is 9.53 Å². The van der Waals surface area contributed by atoms with E-state index in [1.54, 1.807) is 7.11 Å². The van der Waals surface area contributed by atoms with Crippen LogP contribution < -0.4 is 5.32 Å². The van der Waals surface area contributed by atoms with Crippen molar-refractivity contribution in [1.82, 2.24) is 5.32 Å². The van der Waals surface area contributed by atoms with E-state index in [1.165, 1.54) is 0 Å². The highest BCUT2D eigenvalue weighted by Gasteiger charge is 2.29. The monoisotopic (exact) mass is 235 g/mol. The molecule has 4 heteroatoms. The molecule has 12 heavy (non-hydrogen) atoms. The summed E-state index contributed by atoms with van der Waals surface area (Å²) in [7, 11) is 1.71. The molecule has 0 aliphatic heterocycles. The molecule has 1 rings (SSSR count). The Kier molecular flexibility index (Phi) is 4.01. The van der Waals surface area contributed by atoms with Crippen molar-refractivity contribution in [3.05, 3.63) is 0 Å². The molecule has 1 amide bonds. The summed E-state index contributed by atoms with van der Waals surface area (Å²) in [6.45, 7) is 0. The number of ether oxygens (including phenoxy) is 1. The summed E-state index contributed by atoms with van der Waals surface area (Å²) in [5.41, 5.74) is 0. The molecule has 0 heterocycles. The van der Waals surface area contributed by atoms with Crippen LogP contribution in [-0.2, 0) is 9.53 Å². The van der Waals surface area contributed by atoms with Crippen LogP contribution in [0.4, 0.5) is 0 Å². The Bertz CT molecular complexity index is 157. The van der Waals surface area contributed by atoms with Crippen LogP contribution in [-0.4, -0.2) is 30.5 Å². The average Bonchev–Trinajstić information content (AvgIpc) is 1.96. The summed E-state index contributed by atoms with van der Waals surface area (Å²) >= 11 is 3.22. The maximum absolute atomic E-state index is 11.1. The van der Waals surface area contributed by atoms with Crippen molar-refractivity contribution in [2.75, 3.05) is 12.4 Å². The van der Waals surface area contributed by atoms with Gasteiger partial charge >= 0.3 is 0 Å². The molecule has 0 saturated heterocycles. The number of nitrogens with one attached hydrogen (secondary N) is 1. The number of halogens is 1. The number of alkyl halides is 1. The maximum atomic E-state index is 11.1. The number of rotatable bonds is 4. The van der Waals surface area contributed by atoms with Gasteiger partial charge < -0.3 is 10.1 Å². The molecule has 0 aromatic heterocycles. The van der Waals surface area contributed by atoms with Gasteiger partial charge in [-0.3, -0.25) is 4.79 Å². The Labute approximate surface area is 81.0 Å². The van der Waals surface area contributed by atoms with E-state index in [2.05, 4.69) is 21.2 Å². The van der Waals surface area contributed by atoms with Crippen molar-refractivity contribution in [3.63, 3.8) is 0 Å². The number of carbonyl (C=O) groups excluding carboxylic acids is 1. The van der Waals surface area contributed by atoms with Crippen LogP contribution in [0.1, 0.15) is 19.3 Å². The van der Waals surface area contributed by atoms with Gasteiger partial charge in [0.2, 0.25) is 5.91 Å². The number of hydrogen-bond acceptors (Lipinski definition) is 2. The normalized spacial score (nSPS) is 27.8. The first-order valence-electron chi connectivity index (χ1n) is 4.14. The predicted octanol–water partition coefficient (Wildman–Crippen LogP) is 1.06. The molecule has 0 aromatic rings.